The average molecular weight is 259 g/mol. The monoisotopic (exact) mass is 259 g/mol. The van der Waals surface area contributed by atoms with Crippen molar-refractivity contribution in [1.82, 2.24) is 9.55 Å². The van der Waals surface area contributed by atoms with Crippen molar-refractivity contribution >= 4 is 5.69 Å². The molecule has 0 N–H and O–H groups in total. The summed E-state index contributed by atoms with van der Waals surface area (Å²) in [5, 5.41) is 10.9. The third-order valence-corrected chi connectivity index (χ3v) is 3.07. The van der Waals surface area contributed by atoms with Crippen molar-refractivity contribution < 1.29 is 4.92 Å². The fourth-order valence-electron chi connectivity index (χ4n) is 2.15. The highest BCUT2D eigenvalue weighted by Gasteiger charge is 2.13. The normalized spacial score (nSPS) is 10.9. The molecule has 100 valence electrons. The summed E-state index contributed by atoms with van der Waals surface area (Å²) in [6.07, 6.45) is 4.33. The molecule has 0 aliphatic heterocycles. The molecule has 2 rings (SSSR count). The van der Waals surface area contributed by atoms with Crippen molar-refractivity contribution in [2.45, 2.75) is 32.7 Å². The van der Waals surface area contributed by atoms with E-state index in [-0.39, 0.29) is 10.6 Å². The number of hydrogen-bond donors (Lipinski definition) is 0. The summed E-state index contributed by atoms with van der Waals surface area (Å²) in [7, 11) is 0. The molecule has 0 radical (unpaired) electrons. The molecule has 0 aliphatic carbocycles. The van der Waals surface area contributed by atoms with Gasteiger partial charge in [-0.3, -0.25) is 10.1 Å². The maximum Gasteiger partial charge on any atom is 0.272 e. The predicted molar refractivity (Wildman–Crippen MR) is 73.1 cm³/mol. The lowest BCUT2D eigenvalue weighted by molar-refractivity contribution is -0.385. The molecule has 0 aliphatic rings. The Morgan fingerprint density at radius 2 is 2.11 bits per heavy atom. The molecule has 1 aromatic carbocycles. The molecular formula is C14H17N3O2. The number of nitro benzene ring substituents is 1. The van der Waals surface area contributed by atoms with Crippen LogP contribution in [0, 0.1) is 10.1 Å². The van der Waals surface area contributed by atoms with E-state index in [1.807, 2.05) is 18.3 Å². The van der Waals surface area contributed by atoms with Gasteiger partial charge in [0.25, 0.3) is 5.69 Å². The average Bonchev–Trinajstić information content (AvgIpc) is 2.85. The van der Waals surface area contributed by atoms with E-state index in [4.69, 9.17) is 0 Å². The van der Waals surface area contributed by atoms with Crippen LogP contribution in [0.15, 0.2) is 36.7 Å². The molecule has 19 heavy (non-hydrogen) atoms. The molecule has 0 fully saturated rings. The van der Waals surface area contributed by atoms with Gasteiger partial charge in [0, 0.05) is 36.5 Å². The third-order valence-electron chi connectivity index (χ3n) is 3.07. The highest BCUT2D eigenvalue weighted by molar-refractivity contribution is 5.39. The minimum Gasteiger partial charge on any atom is -0.334 e. The highest BCUT2D eigenvalue weighted by Crippen LogP contribution is 2.19. The molecule has 5 nitrogen and oxygen atoms in total. The van der Waals surface area contributed by atoms with Crippen LogP contribution in [0.5, 0.6) is 0 Å². The zero-order valence-corrected chi connectivity index (χ0v) is 11.1. The second-order valence-electron chi connectivity index (χ2n) is 4.77. The van der Waals surface area contributed by atoms with Gasteiger partial charge in [-0.2, -0.15) is 0 Å². The van der Waals surface area contributed by atoms with Crippen LogP contribution in [-0.4, -0.2) is 14.5 Å². The van der Waals surface area contributed by atoms with Crippen LogP contribution in [0.4, 0.5) is 5.69 Å². The number of rotatable bonds is 5. The molecule has 1 aromatic heterocycles. The third kappa shape index (κ3) is 2.99. The Kier molecular flexibility index (Phi) is 3.94. The molecule has 0 spiro atoms. The number of nitrogens with zero attached hydrogens (tertiary/aromatic N) is 3. The minimum absolute atomic E-state index is 0.189. The molecule has 0 unspecified atom stereocenters. The molecule has 0 amide bonds. The van der Waals surface area contributed by atoms with Crippen LogP contribution < -0.4 is 0 Å². The summed E-state index contributed by atoms with van der Waals surface area (Å²) >= 11 is 0. The van der Waals surface area contributed by atoms with E-state index >= 15 is 0 Å². The van der Waals surface area contributed by atoms with Gasteiger partial charge in [0.05, 0.1) is 4.92 Å². The molecule has 0 saturated heterocycles. The summed E-state index contributed by atoms with van der Waals surface area (Å²) in [6, 6.07) is 6.88. The second kappa shape index (κ2) is 5.65. The fraction of sp³-hybridized carbons (Fsp3) is 0.357. The standard InChI is InChI=1S/C14H17N3O2/c1-11(2)14-15-8-10-16(14)9-7-12-5-3-4-6-13(12)17(18)19/h3-6,8,10-11H,7,9H2,1-2H3. The number of imidazole rings is 1. The fourth-order valence-corrected chi connectivity index (χ4v) is 2.15. The highest BCUT2D eigenvalue weighted by atomic mass is 16.6. The van der Waals surface area contributed by atoms with Crippen molar-refractivity contribution in [3.8, 4) is 0 Å². The lowest BCUT2D eigenvalue weighted by Gasteiger charge is -2.10. The van der Waals surface area contributed by atoms with Crippen molar-refractivity contribution in [3.05, 3.63) is 58.2 Å². The van der Waals surface area contributed by atoms with Crippen LogP contribution >= 0.6 is 0 Å². The Hall–Kier alpha value is -2.17. The molecule has 2 aromatic rings. The molecule has 5 heteroatoms. The Morgan fingerprint density at radius 1 is 1.37 bits per heavy atom. The van der Waals surface area contributed by atoms with Gasteiger partial charge in [-0.25, -0.2) is 4.98 Å². The van der Waals surface area contributed by atoms with E-state index < -0.39 is 0 Å². The SMILES string of the molecule is CC(C)c1nccn1CCc1ccccc1[N+](=O)[O-]. The number of aromatic nitrogens is 2. The smallest absolute Gasteiger partial charge is 0.272 e. The van der Waals surface area contributed by atoms with Crippen LogP contribution in [0.3, 0.4) is 0 Å². The first kappa shape index (κ1) is 13.3. The molecular weight excluding hydrogens is 242 g/mol. The minimum atomic E-state index is -0.327. The maximum atomic E-state index is 10.9. The van der Waals surface area contributed by atoms with Crippen LogP contribution in [0.1, 0.15) is 31.2 Å². The largest absolute Gasteiger partial charge is 0.334 e. The molecule has 0 bridgehead atoms. The predicted octanol–water partition coefficient (Wildman–Crippen LogP) is 3.16. The van der Waals surface area contributed by atoms with Gasteiger partial charge in [0.2, 0.25) is 0 Å². The van der Waals surface area contributed by atoms with E-state index in [2.05, 4.69) is 23.4 Å². The van der Waals surface area contributed by atoms with E-state index in [9.17, 15) is 10.1 Å². The van der Waals surface area contributed by atoms with E-state index in [0.717, 1.165) is 11.4 Å². The molecule has 0 atom stereocenters. The number of para-hydroxylation sites is 1. The van der Waals surface area contributed by atoms with Crippen LogP contribution in [0.25, 0.3) is 0 Å². The van der Waals surface area contributed by atoms with Crippen molar-refractivity contribution in [3.63, 3.8) is 0 Å². The van der Waals surface area contributed by atoms with Crippen LogP contribution in [-0.2, 0) is 13.0 Å². The number of hydrogen-bond acceptors (Lipinski definition) is 3. The summed E-state index contributed by atoms with van der Waals surface area (Å²) in [6.45, 7) is 4.88. The first-order chi connectivity index (χ1) is 9.09. The second-order valence-corrected chi connectivity index (χ2v) is 4.77. The lowest BCUT2D eigenvalue weighted by Crippen LogP contribution is -2.07. The molecule has 0 saturated carbocycles. The van der Waals surface area contributed by atoms with Crippen molar-refractivity contribution in [1.29, 1.82) is 0 Å². The van der Waals surface area contributed by atoms with Gasteiger partial charge < -0.3 is 4.57 Å². The first-order valence-corrected chi connectivity index (χ1v) is 6.33. The van der Waals surface area contributed by atoms with Crippen molar-refractivity contribution in [2.24, 2.45) is 0 Å². The van der Waals surface area contributed by atoms with E-state index in [1.54, 1.807) is 18.3 Å². The Bertz CT molecular complexity index is 576. The van der Waals surface area contributed by atoms with Gasteiger partial charge in [0.1, 0.15) is 5.82 Å². The molecule has 1 heterocycles. The number of aryl methyl sites for hydroxylation is 2. The van der Waals surface area contributed by atoms with Gasteiger partial charge in [-0.1, -0.05) is 32.0 Å². The number of nitro groups is 1. The summed E-state index contributed by atoms with van der Waals surface area (Å²) in [5.74, 6) is 1.36. The summed E-state index contributed by atoms with van der Waals surface area (Å²) in [4.78, 5) is 14.9. The number of benzene rings is 1. The van der Waals surface area contributed by atoms with Crippen molar-refractivity contribution in [2.75, 3.05) is 0 Å². The maximum absolute atomic E-state index is 10.9. The lowest BCUT2D eigenvalue weighted by atomic mass is 10.1. The first-order valence-electron chi connectivity index (χ1n) is 6.33. The Morgan fingerprint density at radius 3 is 2.79 bits per heavy atom. The van der Waals surface area contributed by atoms with Gasteiger partial charge in [0.15, 0.2) is 0 Å². The Balaban J connectivity index is 2.15. The van der Waals surface area contributed by atoms with Gasteiger partial charge >= 0.3 is 0 Å². The summed E-state index contributed by atoms with van der Waals surface area (Å²) < 4.78 is 2.06. The zero-order valence-electron chi connectivity index (χ0n) is 11.1. The topological polar surface area (TPSA) is 61.0 Å². The quantitative estimate of drug-likeness (QED) is 0.612. The van der Waals surface area contributed by atoms with Gasteiger partial charge in [-0.05, 0) is 6.42 Å². The van der Waals surface area contributed by atoms with Gasteiger partial charge in [-0.15, -0.1) is 0 Å². The Labute approximate surface area is 112 Å². The summed E-state index contributed by atoms with van der Waals surface area (Å²) in [5.41, 5.74) is 0.949. The zero-order chi connectivity index (χ0) is 13.8. The van der Waals surface area contributed by atoms with E-state index in [0.29, 0.717) is 18.9 Å². The van der Waals surface area contributed by atoms with E-state index in [1.165, 1.54) is 0 Å². The van der Waals surface area contributed by atoms with Crippen LogP contribution in [0.2, 0.25) is 0 Å².